The molecule has 0 aromatic carbocycles. The summed E-state index contributed by atoms with van der Waals surface area (Å²) >= 11 is 0. The first kappa shape index (κ1) is 12.0. The van der Waals surface area contributed by atoms with Crippen molar-refractivity contribution in [1.82, 2.24) is 0 Å². The van der Waals surface area contributed by atoms with Crippen molar-refractivity contribution >= 4 is 11.9 Å². The normalized spacial score (nSPS) is 35.5. The molecule has 0 bridgehead atoms. The van der Waals surface area contributed by atoms with Crippen LogP contribution < -0.4 is 5.73 Å². The van der Waals surface area contributed by atoms with Crippen molar-refractivity contribution < 1.29 is 19.4 Å². The Bertz CT molecular complexity index is 296. The van der Waals surface area contributed by atoms with Gasteiger partial charge in [-0.3, -0.25) is 9.59 Å². The fourth-order valence-corrected chi connectivity index (χ4v) is 2.10. The van der Waals surface area contributed by atoms with Gasteiger partial charge in [-0.15, -0.1) is 0 Å². The highest BCUT2D eigenvalue weighted by atomic mass is 16.5. The fraction of sp³-hybridized carbons (Fsp3) is 0.800. The van der Waals surface area contributed by atoms with Gasteiger partial charge >= 0.3 is 11.9 Å². The molecule has 5 nitrogen and oxygen atoms in total. The van der Waals surface area contributed by atoms with Crippen LogP contribution in [0.5, 0.6) is 0 Å². The number of cyclic esters (lactones) is 1. The van der Waals surface area contributed by atoms with Crippen LogP contribution in [0.2, 0.25) is 0 Å². The van der Waals surface area contributed by atoms with Gasteiger partial charge < -0.3 is 15.6 Å². The monoisotopic (exact) mass is 215 g/mol. The van der Waals surface area contributed by atoms with Crippen LogP contribution in [0, 0.1) is 11.3 Å². The Balaban J connectivity index is 3.01. The molecule has 1 heterocycles. The molecule has 86 valence electrons. The molecule has 15 heavy (non-hydrogen) atoms. The van der Waals surface area contributed by atoms with E-state index in [9.17, 15) is 9.59 Å². The Kier molecular flexibility index (Phi) is 2.78. The third-order valence-electron chi connectivity index (χ3n) is 2.91. The minimum atomic E-state index is -1.10. The average Bonchev–Trinajstić information content (AvgIpc) is 2.06. The van der Waals surface area contributed by atoms with Crippen molar-refractivity contribution in [2.24, 2.45) is 17.1 Å². The van der Waals surface area contributed by atoms with Crippen molar-refractivity contribution in [2.75, 3.05) is 6.61 Å². The number of nitrogens with two attached hydrogens (primary N) is 1. The summed E-state index contributed by atoms with van der Waals surface area (Å²) in [4.78, 5) is 22.5. The number of carboxylic acid groups (broad SMARTS) is 1. The van der Waals surface area contributed by atoms with E-state index in [1.807, 2.05) is 0 Å². The number of hydrogen-bond donors (Lipinski definition) is 2. The highest BCUT2D eigenvalue weighted by Crippen LogP contribution is 2.38. The van der Waals surface area contributed by atoms with E-state index in [0.29, 0.717) is 6.42 Å². The topological polar surface area (TPSA) is 89.6 Å². The van der Waals surface area contributed by atoms with E-state index in [4.69, 9.17) is 15.6 Å². The van der Waals surface area contributed by atoms with Crippen LogP contribution in [0.4, 0.5) is 0 Å². The van der Waals surface area contributed by atoms with Crippen molar-refractivity contribution in [3.8, 4) is 0 Å². The summed E-state index contributed by atoms with van der Waals surface area (Å²) in [6.07, 6.45) is 0.301. The highest BCUT2D eigenvalue weighted by Gasteiger charge is 2.47. The van der Waals surface area contributed by atoms with Crippen LogP contribution in [-0.4, -0.2) is 29.2 Å². The third-order valence-corrected chi connectivity index (χ3v) is 2.91. The van der Waals surface area contributed by atoms with Crippen molar-refractivity contribution in [2.45, 2.75) is 32.7 Å². The van der Waals surface area contributed by atoms with E-state index in [-0.39, 0.29) is 6.61 Å². The Morgan fingerprint density at radius 2 is 2.07 bits per heavy atom. The van der Waals surface area contributed by atoms with E-state index < -0.39 is 28.8 Å². The second kappa shape index (κ2) is 3.48. The molecule has 1 rings (SSSR count). The molecule has 2 unspecified atom stereocenters. The first-order valence-electron chi connectivity index (χ1n) is 4.86. The molecule has 1 fully saturated rings. The molecule has 0 aromatic rings. The maximum atomic E-state index is 11.5. The molecule has 1 aliphatic heterocycles. The lowest BCUT2D eigenvalue weighted by Crippen LogP contribution is -2.48. The fourth-order valence-electron chi connectivity index (χ4n) is 2.10. The molecule has 1 aliphatic rings. The Labute approximate surface area is 88.6 Å². The van der Waals surface area contributed by atoms with Crippen molar-refractivity contribution in [1.29, 1.82) is 0 Å². The van der Waals surface area contributed by atoms with Crippen LogP contribution >= 0.6 is 0 Å². The lowest BCUT2D eigenvalue weighted by atomic mass is 9.72. The summed E-state index contributed by atoms with van der Waals surface area (Å²) in [6.45, 7) is 5.05. The summed E-state index contributed by atoms with van der Waals surface area (Å²) in [7, 11) is 0. The van der Waals surface area contributed by atoms with Crippen LogP contribution in [0.15, 0.2) is 0 Å². The standard InChI is InChI=1S/C10H17NO4/c1-9(2)5-10(3,11)8(14)15-4-6(9)7(12)13/h6H,4-5,11H2,1-3H3,(H,12,13). The zero-order chi connectivity index (χ0) is 11.9. The largest absolute Gasteiger partial charge is 0.481 e. The number of carbonyl (C=O) groups is 2. The van der Waals surface area contributed by atoms with Gasteiger partial charge in [-0.2, -0.15) is 0 Å². The summed E-state index contributed by atoms with van der Waals surface area (Å²) < 4.78 is 4.88. The molecule has 0 aliphatic carbocycles. The van der Waals surface area contributed by atoms with Gasteiger partial charge in [0.05, 0.1) is 5.92 Å². The van der Waals surface area contributed by atoms with Gasteiger partial charge in [-0.1, -0.05) is 13.8 Å². The minimum Gasteiger partial charge on any atom is -0.481 e. The average molecular weight is 215 g/mol. The third kappa shape index (κ3) is 2.28. The Morgan fingerprint density at radius 3 is 2.53 bits per heavy atom. The van der Waals surface area contributed by atoms with Gasteiger partial charge in [0.25, 0.3) is 0 Å². The van der Waals surface area contributed by atoms with Gasteiger partial charge in [0.1, 0.15) is 12.1 Å². The zero-order valence-electron chi connectivity index (χ0n) is 9.24. The van der Waals surface area contributed by atoms with Gasteiger partial charge in [0, 0.05) is 0 Å². The number of hydrogen-bond acceptors (Lipinski definition) is 4. The van der Waals surface area contributed by atoms with Crippen LogP contribution in [0.3, 0.4) is 0 Å². The molecule has 5 heteroatoms. The summed E-state index contributed by atoms with van der Waals surface area (Å²) in [5.41, 5.74) is 4.13. The molecule has 2 atom stereocenters. The highest BCUT2D eigenvalue weighted by molar-refractivity contribution is 5.81. The van der Waals surface area contributed by atoms with E-state index >= 15 is 0 Å². The molecule has 0 radical (unpaired) electrons. The predicted molar refractivity (Wildman–Crippen MR) is 53.1 cm³/mol. The number of ether oxygens (including phenoxy) is 1. The number of esters is 1. The van der Waals surface area contributed by atoms with Crippen LogP contribution in [0.25, 0.3) is 0 Å². The molecule has 1 saturated heterocycles. The smallest absolute Gasteiger partial charge is 0.325 e. The van der Waals surface area contributed by atoms with E-state index in [0.717, 1.165) is 0 Å². The molecule has 0 saturated carbocycles. The predicted octanol–water partition coefficient (Wildman–Crippen LogP) is 0.378. The second-order valence-corrected chi connectivity index (χ2v) is 5.07. The quantitative estimate of drug-likeness (QED) is 0.617. The summed E-state index contributed by atoms with van der Waals surface area (Å²) in [5.74, 6) is -2.18. The second-order valence-electron chi connectivity index (χ2n) is 5.07. The van der Waals surface area contributed by atoms with Crippen LogP contribution in [0.1, 0.15) is 27.2 Å². The molecular formula is C10H17NO4. The van der Waals surface area contributed by atoms with Gasteiger partial charge in [-0.05, 0) is 18.8 Å². The molecule has 0 spiro atoms. The lowest BCUT2D eigenvalue weighted by Gasteiger charge is -2.32. The van der Waals surface area contributed by atoms with E-state index in [1.54, 1.807) is 20.8 Å². The zero-order valence-corrected chi connectivity index (χ0v) is 9.24. The maximum absolute atomic E-state index is 11.5. The van der Waals surface area contributed by atoms with Crippen LogP contribution in [-0.2, 0) is 14.3 Å². The SMILES string of the molecule is CC1(N)CC(C)(C)C(C(=O)O)COC1=O. The number of carbonyl (C=O) groups excluding carboxylic acids is 1. The minimum absolute atomic E-state index is 0.103. The molecule has 0 aromatic heterocycles. The van der Waals surface area contributed by atoms with Gasteiger partial charge in [0.2, 0.25) is 0 Å². The van der Waals surface area contributed by atoms with E-state index in [2.05, 4.69) is 0 Å². The first-order chi connectivity index (χ1) is 6.67. The Hall–Kier alpha value is -1.10. The van der Waals surface area contributed by atoms with Gasteiger partial charge in [0.15, 0.2) is 0 Å². The summed E-state index contributed by atoms with van der Waals surface area (Å²) in [5, 5.41) is 9.02. The molecular weight excluding hydrogens is 198 g/mol. The molecule has 3 N–H and O–H groups in total. The number of carboxylic acids is 1. The van der Waals surface area contributed by atoms with Crippen molar-refractivity contribution in [3.05, 3.63) is 0 Å². The number of aliphatic carboxylic acids is 1. The number of rotatable bonds is 1. The van der Waals surface area contributed by atoms with Gasteiger partial charge in [-0.25, -0.2) is 0 Å². The maximum Gasteiger partial charge on any atom is 0.325 e. The first-order valence-corrected chi connectivity index (χ1v) is 4.86. The lowest BCUT2D eigenvalue weighted by molar-refractivity contribution is -0.153. The summed E-state index contributed by atoms with van der Waals surface area (Å²) in [6, 6.07) is 0. The molecule has 0 amide bonds. The van der Waals surface area contributed by atoms with Crippen molar-refractivity contribution in [3.63, 3.8) is 0 Å². The van der Waals surface area contributed by atoms with E-state index in [1.165, 1.54) is 0 Å². The Morgan fingerprint density at radius 1 is 1.53 bits per heavy atom.